The van der Waals surface area contributed by atoms with E-state index in [1.54, 1.807) is 0 Å². The van der Waals surface area contributed by atoms with Crippen molar-refractivity contribution >= 4 is 0 Å². The van der Waals surface area contributed by atoms with Crippen molar-refractivity contribution < 1.29 is 9.47 Å². The zero-order valence-corrected chi connectivity index (χ0v) is 11.0. The highest BCUT2D eigenvalue weighted by Crippen LogP contribution is 2.10. The van der Waals surface area contributed by atoms with E-state index in [-0.39, 0.29) is 0 Å². The van der Waals surface area contributed by atoms with Gasteiger partial charge in [-0.2, -0.15) is 0 Å². The van der Waals surface area contributed by atoms with Crippen molar-refractivity contribution in [2.45, 2.75) is 38.3 Å². The van der Waals surface area contributed by atoms with Gasteiger partial charge in [0.1, 0.15) is 0 Å². The minimum absolute atomic E-state index is 0.453. The smallest absolute Gasteiger partial charge is 0.0700 e. The summed E-state index contributed by atoms with van der Waals surface area (Å²) in [6, 6.07) is 0.595. The van der Waals surface area contributed by atoms with Gasteiger partial charge in [0, 0.05) is 45.4 Å². The summed E-state index contributed by atoms with van der Waals surface area (Å²) in [5.41, 5.74) is 0. The molecule has 0 radical (unpaired) electrons. The standard InChI is InChI=1S/C13H26N2O2/c1-12(15-5-3-7-16-9-6-15)10-14-11-13-4-2-8-17-13/h12-14H,2-11H2,1H3. The molecule has 4 nitrogen and oxygen atoms in total. The first-order chi connectivity index (χ1) is 8.36. The van der Waals surface area contributed by atoms with E-state index >= 15 is 0 Å². The molecule has 0 spiro atoms. The molecule has 2 unspecified atom stereocenters. The summed E-state index contributed by atoms with van der Waals surface area (Å²) in [5.74, 6) is 0. The van der Waals surface area contributed by atoms with Crippen molar-refractivity contribution in [3.8, 4) is 0 Å². The largest absolute Gasteiger partial charge is 0.380 e. The molecule has 0 saturated carbocycles. The van der Waals surface area contributed by atoms with E-state index in [4.69, 9.17) is 9.47 Å². The molecule has 2 atom stereocenters. The van der Waals surface area contributed by atoms with Crippen LogP contribution in [0.3, 0.4) is 0 Å². The Morgan fingerprint density at radius 2 is 2.18 bits per heavy atom. The lowest BCUT2D eigenvalue weighted by atomic mass is 10.2. The van der Waals surface area contributed by atoms with E-state index in [0.29, 0.717) is 12.1 Å². The number of nitrogens with zero attached hydrogens (tertiary/aromatic N) is 1. The molecular weight excluding hydrogens is 216 g/mol. The molecule has 1 N–H and O–H groups in total. The number of nitrogens with one attached hydrogen (secondary N) is 1. The van der Waals surface area contributed by atoms with Gasteiger partial charge < -0.3 is 14.8 Å². The Hall–Kier alpha value is -0.160. The van der Waals surface area contributed by atoms with Crippen LogP contribution < -0.4 is 5.32 Å². The maximum atomic E-state index is 5.60. The highest BCUT2D eigenvalue weighted by Gasteiger charge is 2.18. The average Bonchev–Trinajstić information content (AvgIpc) is 2.69. The van der Waals surface area contributed by atoms with Crippen molar-refractivity contribution in [3.05, 3.63) is 0 Å². The van der Waals surface area contributed by atoms with E-state index in [9.17, 15) is 0 Å². The van der Waals surface area contributed by atoms with E-state index in [1.807, 2.05) is 0 Å². The van der Waals surface area contributed by atoms with Crippen molar-refractivity contribution in [1.82, 2.24) is 10.2 Å². The van der Waals surface area contributed by atoms with Gasteiger partial charge in [-0.05, 0) is 26.2 Å². The predicted octanol–water partition coefficient (Wildman–Crippen LogP) is 0.866. The van der Waals surface area contributed by atoms with Gasteiger partial charge in [0.25, 0.3) is 0 Å². The molecule has 0 bridgehead atoms. The van der Waals surface area contributed by atoms with Crippen LogP contribution in [0.4, 0.5) is 0 Å². The molecule has 2 heterocycles. The average molecular weight is 242 g/mol. The molecule has 0 aromatic carbocycles. The van der Waals surface area contributed by atoms with Gasteiger partial charge in [-0.15, -0.1) is 0 Å². The molecule has 2 fully saturated rings. The summed E-state index contributed by atoms with van der Waals surface area (Å²) in [6.45, 7) is 9.36. The van der Waals surface area contributed by atoms with Crippen LogP contribution in [0.1, 0.15) is 26.2 Å². The van der Waals surface area contributed by atoms with Gasteiger partial charge in [0.2, 0.25) is 0 Å². The third-order valence-corrected chi connectivity index (χ3v) is 3.72. The molecule has 4 heteroatoms. The fourth-order valence-corrected chi connectivity index (χ4v) is 2.59. The second-order valence-corrected chi connectivity index (χ2v) is 5.14. The Labute approximate surface area is 105 Å². The van der Waals surface area contributed by atoms with Crippen molar-refractivity contribution in [2.24, 2.45) is 0 Å². The lowest BCUT2D eigenvalue weighted by Crippen LogP contribution is -2.43. The Morgan fingerprint density at radius 3 is 3.00 bits per heavy atom. The molecule has 2 saturated heterocycles. The molecule has 0 amide bonds. The summed E-state index contributed by atoms with van der Waals surface area (Å²) >= 11 is 0. The van der Waals surface area contributed by atoms with E-state index in [2.05, 4.69) is 17.1 Å². The van der Waals surface area contributed by atoms with Gasteiger partial charge in [-0.25, -0.2) is 0 Å². The molecule has 0 aromatic rings. The molecule has 0 aliphatic carbocycles. The fraction of sp³-hybridized carbons (Fsp3) is 1.00. The molecule has 17 heavy (non-hydrogen) atoms. The summed E-state index contributed by atoms with van der Waals surface area (Å²) in [5, 5.41) is 3.54. The SMILES string of the molecule is CC(CNCC1CCCO1)N1CCCOCC1. The minimum atomic E-state index is 0.453. The number of hydrogen-bond acceptors (Lipinski definition) is 4. The zero-order chi connectivity index (χ0) is 11.9. The second-order valence-electron chi connectivity index (χ2n) is 5.14. The maximum absolute atomic E-state index is 5.60. The van der Waals surface area contributed by atoms with E-state index in [0.717, 1.165) is 45.9 Å². The van der Waals surface area contributed by atoms with Crippen LogP contribution in [0.2, 0.25) is 0 Å². The van der Waals surface area contributed by atoms with Gasteiger partial charge in [-0.3, -0.25) is 4.90 Å². The quantitative estimate of drug-likeness (QED) is 0.775. The Bertz CT molecular complexity index is 200. The number of rotatable bonds is 5. The minimum Gasteiger partial charge on any atom is -0.380 e. The summed E-state index contributed by atoms with van der Waals surface area (Å²) < 4.78 is 11.1. The monoisotopic (exact) mass is 242 g/mol. The van der Waals surface area contributed by atoms with Gasteiger partial charge in [-0.1, -0.05) is 0 Å². The highest BCUT2D eigenvalue weighted by atomic mass is 16.5. The highest BCUT2D eigenvalue weighted by molar-refractivity contribution is 4.74. The first kappa shape index (κ1) is 13.3. The Morgan fingerprint density at radius 1 is 1.24 bits per heavy atom. The summed E-state index contributed by atoms with van der Waals surface area (Å²) in [7, 11) is 0. The van der Waals surface area contributed by atoms with Gasteiger partial charge in [0.05, 0.1) is 12.7 Å². The van der Waals surface area contributed by atoms with Crippen LogP contribution in [0, 0.1) is 0 Å². The maximum Gasteiger partial charge on any atom is 0.0700 e. The van der Waals surface area contributed by atoms with Crippen LogP contribution in [0.25, 0.3) is 0 Å². The van der Waals surface area contributed by atoms with Crippen molar-refractivity contribution in [3.63, 3.8) is 0 Å². The van der Waals surface area contributed by atoms with Crippen LogP contribution >= 0.6 is 0 Å². The molecule has 2 rings (SSSR count). The third-order valence-electron chi connectivity index (χ3n) is 3.72. The first-order valence-electron chi connectivity index (χ1n) is 7.00. The van der Waals surface area contributed by atoms with Gasteiger partial charge >= 0.3 is 0 Å². The van der Waals surface area contributed by atoms with Crippen LogP contribution in [-0.4, -0.2) is 63.0 Å². The molecular formula is C13H26N2O2. The fourth-order valence-electron chi connectivity index (χ4n) is 2.59. The topological polar surface area (TPSA) is 33.7 Å². The van der Waals surface area contributed by atoms with Crippen molar-refractivity contribution in [1.29, 1.82) is 0 Å². The third kappa shape index (κ3) is 4.54. The second kappa shape index (κ2) is 7.31. The number of hydrogen-bond donors (Lipinski definition) is 1. The van der Waals surface area contributed by atoms with Crippen LogP contribution in [0.5, 0.6) is 0 Å². The molecule has 2 aliphatic rings. The molecule has 2 aliphatic heterocycles. The van der Waals surface area contributed by atoms with E-state index < -0.39 is 0 Å². The zero-order valence-electron chi connectivity index (χ0n) is 11.0. The lowest BCUT2D eigenvalue weighted by molar-refractivity contribution is 0.106. The number of ether oxygens (including phenoxy) is 2. The molecule has 0 aromatic heterocycles. The lowest BCUT2D eigenvalue weighted by Gasteiger charge is -2.27. The summed E-state index contributed by atoms with van der Waals surface area (Å²) in [6.07, 6.45) is 4.06. The normalized spacial score (nSPS) is 29.1. The Kier molecular flexibility index (Phi) is 5.71. The Balaban J connectivity index is 1.60. The predicted molar refractivity (Wildman–Crippen MR) is 68.3 cm³/mol. The first-order valence-corrected chi connectivity index (χ1v) is 7.00. The van der Waals surface area contributed by atoms with Gasteiger partial charge in [0.15, 0.2) is 0 Å². The molecule has 100 valence electrons. The van der Waals surface area contributed by atoms with Crippen LogP contribution in [-0.2, 0) is 9.47 Å². The summed E-state index contributed by atoms with van der Waals surface area (Å²) in [4.78, 5) is 2.52. The van der Waals surface area contributed by atoms with E-state index in [1.165, 1.54) is 19.4 Å². The van der Waals surface area contributed by atoms with Crippen LogP contribution in [0.15, 0.2) is 0 Å². The van der Waals surface area contributed by atoms with Crippen molar-refractivity contribution in [2.75, 3.05) is 46.0 Å².